The molecule has 2 aliphatic heterocycles. The summed E-state index contributed by atoms with van der Waals surface area (Å²) in [4.78, 5) is 29.0. The lowest BCUT2D eigenvalue weighted by molar-refractivity contribution is -0.125. The SMILES string of the molecule is CCCCCCN1CC2=C(C1=O)[C@H](c1ccccc1OC)NC(=O)N2C. The fourth-order valence-electron chi connectivity index (χ4n) is 3.67. The van der Waals surface area contributed by atoms with Gasteiger partial charge in [-0.25, -0.2) is 4.79 Å². The molecule has 1 aromatic carbocycles. The maximum atomic E-state index is 13.1. The summed E-state index contributed by atoms with van der Waals surface area (Å²) in [5.74, 6) is 0.683. The maximum absolute atomic E-state index is 13.1. The molecule has 0 saturated heterocycles. The average Bonchev–Trinajstić information content (AvgIpc) is 2.99. The minimum atomic E-state index is -0.474. The van der Waals surface area contributed by atoms with Gasteiger partial charge < -0.3 is 15.0 Å². The van der Waals surface area contributed by atoms with Crippen LogP contribution in [0.4, 0.5) is 4.79 Å². The predicted octanol–water partition coefficient (Wildman–Crippen LogP) is 3.07. The number of nitrogens with one attached hydrogen (secondary N) is 1. The van der Waals surface area contributed by atoms with Crippen molar-refractivity contribution in [1.29, 1.82) is 0 Å². The Morgan fingerprint density at radius 2 is 1.96 bits per heavy atom. The largest absolute Gasteiger partial charge is 0.496 e. The third-order valence-corrected chi connectivity index (χ3v) is 5.17. The summed E-state index contributed by atoms with van der Waals surface area (Å²) in [5, 5.41) is 2.96. The highest BCUT2D eigenvalue weighted by atomic mass is 16.5. The first-order valence-electron chi connectivity index (χ1n) is 9.28. The first-order chi connectivity index (χ1) is 12.6. The summed E-state index contributed by atoms with van der Waals surface area (Å²) >= 11 is 0. The van der Waals surface area contributed by atoms with Gasteiger partial charge in [-0.15, -0.1) is 0 Å². The van der Waals surface area contributed by atoms with Gasteiger partial charge in [0, 0.05) is 19.2 Å². The summed E-state index contributed by atoms with van der Waals surface area (Å²) in [5.41, 5.74) is 2.27. The number of hydrogen-bond acceptors (Lipinski definition) is 3. The topological polar surface area (TPSA) is 61.9 Å². The molecular formula is C20H27N3O3. The number of unbranched alkanes of at least 4 members (excludes halogenated alkanes) is 3. The number of rotatable bonds is 7. The van der Waals surface area contributed by atoms with E-state index in [0.29, 0.717) is 17.9 Å². The third-order valence-electron chi connectivity index (χ3n) is 5.17. The van der Waals surface area contributed by atoms with Gasteiger partial charge in [-0.2, -0.15) is 0 Å². The van der Waals surface area contributed by atoms with E-state index < -0.39 is 6.04 Å². The lowest BCUT2D eigenvalue weighted by Crippen LogP contribution is -2.45. The van der Waals surface area contributed by atoms with Gasteiger partial charge in [0.2, 0.25) is 0 Å². The molecule has 3 rings (SSSR count). The molecule has 0 unspecified atom stereocenters. The molecule has 0 spiro atoms. The molecule has 2 aliphatic rings. The van der Waals surface area contributed by atoms with Crippen molar-refractivity contribution in [3.8, 4) is 5.75 Å². The summed E-state index contributed by atoms with van der Waals surface area (Å²) in [7, 11) is 3.32. The molecule has 140 valence electrons. The van der Waals surface area contributed by atoms with Gasteiger partial charge >= 0.3 is 6.03 Å². The molecule has 1 N–H and O–H groups in total. The molecule has 2 heterocycles. The van der Waals surface area contributed by atoms with Crippen molar-refractivity contribution in [3.05, 3.63) is 41.1 Å². The number of ether oxygens (including phenoxy) is 1. The lowest BCUT2D eigenvalue weighted by atomic mass is 9.95. The summed E-state index contributed by atoms with van der Waals surface area (Å²) in [6.07, 6.45) is 4.46. The smallest absolute Gasteiger partial charge is 0.322 e. The third kappa shape index (κ3) is 3.28. The average molecular weight is 357 g/mol. The van der Waals surface area contributed by atoms with Crippen molar-refractivity contribution in [2.24, 2.45) is 0 Å². The molecule has 1 atom stereocenters. The maximum Gasteiger partial charge on any atom is 0.322 e. The summed E-state index contributed by atoms with van der Waals surface area (Å²) in [6.45, 7) is 3.40. The zero-order valence-corrected chi connectivity index (χ0v) is 15.7. The fraction of sp³-hybridized carbons (Fsp3) is 0.500. The van der Waals surface area contributed by atoms with E-state index in [1.54, 1.807) is 19.1 Å². The van der Waals surface area contributed by atoms with E-state index in [0.717, 1.165) is 30.6 Å². The van der Waals surface area contributed by atoms with Gasteiger partial charge in [-0.05, 0) is 12.5 Å². The normalized spacial score (nSPS) is 19.7. The van der Waals surface area contributed by atoms with E-state index in [-0.39, 0.29) is 11.9 Å². The Kier molecular flexibility index (Phi) is 5.49. The Hall–Kier alpha value is -2.50. The number of benzene rings is 1. The molecule has 6 heteroatoms. The van der Waals surface area contributed by atoms with Crippen LogP contribution in [0.25, 0.3) is 0 Å². The zero-order chi connectivity index (χ0) is 18.7. The molecular weight excluding hydrogens is 330 g/mol. The Bertz CT molecular complexity index is 729. The van der Waals surface area contributed by atoms with E-state index in [9.17, 15) is 9.59 Å². The minimum absolute atomic E-state index is 0.0132. The van der Waals surface area contributed by atoms with Crippen molar-refractivity contribution < 1.29 is 14.3 Å². The van der Waals surface area contributed by atoms with Crippen LogP contribution in [0.1, 0.15) is 44.2 Å². The van der Waals surface area contributed by atoms with E-state index in [1.165, 1.54) is 12.8 Å². The summed E-state index contributed by atoms with van der Waals surface area (Å²) < 4.78 is 5.45. The van der Waals surface area contributed by atoms with Crippen LogP contribution < -0.4 is 10.1 Å². The molecule has 26 heavy (non-hydrogen) atoms. The predicted molar refractivity (Wildman–Crippen MR) is 99.8 cm³/mol. The van der Waals surface area contributed by atoms with Crippen LogP contribution >= 0.6 is 0 Å². The Morgan fingerprint density at radius 1 is 1.19 bits per heavy atom. The molecule has 0 fully saturated rings. The van der Waals surface area contributed by atoms with Gasteiger partial charge in [0.15, 0.2) is 0 Å². The highest BCUT2D eigenvalue weighted by Gasteiger charge is 2.43. The van der Waals surface area contributed by atoms with Crippen molar-refractivity contribution in [1.82, 2.24) is 15.1 Å². The molecule has 3 amide bonds. The number of urea groups is 1. The second-order valence-corrected chi connectivity index (χ2v) is 6.83. The Balaban J connectivity index is 1.88. The van der Waals surface area contributed by atoms with Gasteiger partial charge in [-0.1, -0.05) is 44.4 Å². The van der Waals surface area contributed by atoms with Crippen molar-refractivity contribution >= 4 is 11.9 Å². The highest BCUT2D eigenvalue weighted by Crippen LogP contribution is 2.38. The Morgan fingerprint density at radius 3 is 2.69 bits per heavy atom. The highest BCUT2D eigenvalue weighted by molar-refractivity contribution is 6.01. The molecule has 0 aromatic heterocycles. The number of amides is 3. The fourth-order valence-corrected chi connectivity index (χ4v) is 3.67. The van der Waals surface area contributed by atoms with Crippen LogP contribution in [0.5, 0.6) is 5.75 Å². The zero-order valence-electron chi connectivity index (χ0n) is 15.7. The Labute approximate surface area is 154 Å². The van der Waals surface area contributed by atoms with Crippen molar-refractivity contribution in [3.63, 3.8) is 0 Å². The van der Waals surface area contributed by atoms with Crippen LogP contribution in [0.3, 0.4) is 0 Å². The number of nitrogens with zero attached hydrogens (tertiary/aromatic N) is 2. The van der Waals surface area contributed by atoms with Crippen molar-refractivity contribution in [2.45, 2.75) is 38.6 Å². The standard InChI is InChI=1S/C20H27N3O3/c1-4-5-6-9-12-23-13-15-17(19(23)24)18(21-20(25)22(15)2)14-10-7-8-11-16(14)26-3/h7-8,10-11,18H,4-6,9,12-13H2,1-3H3,(H,21,25)/t18-/m0/s1. The quantitative estimate of drug-likeness (QED) is 0.763. The van der Waals surface area contributed by atoms with Gasteiger partial charge in [0.05, 0.1) is 31.0 Å². The van der Waals surface area contributed by atoms with Gasteiger partial charge in [0.25, 0.3) is 5.91 Å². The molecule has 1 aromatic rings. The monoisotopic (exact) mass is 357 g/mol. The number of carbonyl (C=O) groups excluding carboxylic acids is 2. The minimum Gasteiger partial charge on any atom is -0.496 e. The number of methoxy groups -OCH3 is 1. The first kappa shape index (κ1) is 18.3. The number of hydrogen-bond donors (Lipinski definition) is 1. The number of likely N-dealkylation sites (N-methyl/N-ethyl adjacent to an activating group) is 1. The van der Waals surface area contributed by atoms with E-state index >= 15 is 0 Å². The molecule has 0 bridgehead atoms. The van der Waals surface area contributed by atoms with Crippen LogP contribution in [0.2, 0.25) is 0 Å². The van der Waals surface area contributed by atoms with E-state index in [1.807, 2.05) is 29.2 Å². The van der Waals surface area contributed by atoms with E-state index in [4.69, 9.17) is 4.74 Å². The lowest BCUT2D eigenvalue weighted by Gasteiger charge is -2.31. The van der Waals surface area contributed by atoms with Crippen LogP contribution in [0, 0.1) is 0 Å². The van der Waals surface area contributed by atoms with E-state index in [2.05, 4.69) is 12.2 Å². The van der Waals surface area contributed by atoms with Crippen molar-refractivity contribution in [2.75, 3.05) is 27.2 Å². The van der Waals surface area contributed by atoms with Crippen LogP contribution in [0.15, 0.2) is 35.5 Å². The van der Waals surface area contributed by atoms with Gasteiger partial charge in [0.1, 0.15) is 5.75 Å². The second-order valence-electron chi connectivity index (χ2n) is 6.83. The number of para-hydroxylation sites is 1. The molecule has 0 saturated carbocycles. The molecule has 0 aliphatic carbocycles. The second kappa shape index (κ2) is 7.81. The van der Waals surface area contributed by atoms with Crippen LogP contribution in [-0.2, 0) is 4.79 Å². The summed E-state index contributed by atoms with van der Waals surface area (Å²) in [6, 6.07) is 6.85. The van der Waals surface area contributed by atoms with Crippen LogP contribution in [-0.4, -0.2) is 49.0 Å². The molecule has 0 radical (unpaired) electrons. The van der Waals surface area contributed by atoms with Gasteiger partial charge in [-0.3, -0.25) is 9.69 Å². The molecule has 6 nitrogen and oxygen atoms in total. The first-order valence-corrected chi connectivity index (χ1v) is 9.28. The number of carbonyl (C=O) groups is 2.